The topological polar surface area (TPSA) is 78.3 Å². The molecular formula is C12H26N2O2. The maximum absolute atomic E-state index is 11.5. The summed E-state index contributed by atoms with van der Waals surface area (Å²) in [7, 11) is 0. The second kappa shape index (κ2) is 7.63. The third-order valence-electron chi connectivity index (χ3n) is 2.18. The summed E-state index contributed by atoms with van der Waals surface area (Å²) >= 11 is 0. The van der Waals surface area contributed by atoms with Crippen molar-refractivity contribution < 1.29 is 9.53 Å². The van der Waals surface area contributed by atoms with Crippen LogP contribution < -0.4 is 11.5 Å². The van der Waals surface area contributed by atoms with E-state index in [1.807, 2.05) is 20.8 Å². The van der Waals surface area contributed by atoms with Crippen molar-refractivity contribution in [1.29, 1.82) is 0 Å². The Morgan fingerprint density at radius 2 is 1.75 bits per heavy atom. The molecule has 0 aromatic rings. The van der Waals surface area contributed by atoms with E-state index in [-0.39, 0.29) is 5.97 Å². The fourth-order valence-corrected chi connectivity index (χ4v) is 1.36. The van der Waals surface area contributed by atoms with Gasteiger partial charge >= 0.3 is 5.97 Å². The van der Waals surface area contributed by atoms with Crippen molar-refractivity contribution in [3.8, 4) is 0 Å². The molecule has 0 heterocycles. The zero-order valence-corrected chi connectivity index (χ0v) is 10.8. The Labute approximate surface area is 98.7 Å². The number of unbranched alkanes of at least 4 members (excludes halogenated alkanes) is 3. The van der Waals surface area contributed by atoms with Crippen LogP contribution in [0.1, 0.15) is 52.9 Å². The molecule has 4 heteroatoms. The Hall–Kier alpha value is -0.610. The number of carbonyl (C=O) groups is 1. The molecule has 0 aliphatic heterocycles. The summed E-state index contributed by atoms with van der Waals surface area (Å²) in [5.74, 6) is -0.300. The van der Waals surface area contributed by atoms with E-state index in [2.05, 4.69) is 0 Å². The SMILES string of the molecule is CC(C)(C)OC(=O)[C@@H](N)CCCCCCN. The number of hydrogen-bond donors (Lipinski definition) is 2. The molecule has 4 nitrogen and oxygen atoms in total. The van der Waals surface area contributed by atoms with Gasteiger partial charge in [-0.1, -0.05) is 19.3 Å². The molecule has 0 aromatic carbocycles. The number of esters is 1. The number of carbonyl (C=O) groups excluding carboxylic acids is 1. The molecule has 0 unspecified atom stereocenters. The molecule has 0 bridgehead atoms. The summed E-state index contributed by atoms with van der Waals surface area (Å²) in [6.45, 7) is 6.27. The van der Waals surface area contributed by atoms with Crippen LogP contribution in [0, 0.1) is 0 Å². The largest absolute Gasteiger partial charge is 0.459 e. The van der Waals surface area contributed by atoms with Gasteiger partial charge < -0.3 is 16.2 Å². The highest BCUT2D eigenvalue weighted by molar-refractivity contribution is 5.75. The standard InChI is InChI=1S/C12H26N2O2/c1-12(2,3)16-11(15)10(14)8-6-4-5-7-9-13/h10H,4-9,13-14H2,1-3H3/t10-/m0/s1. The molecule has 0 radical (unpaired) electrons. The van der Waals surface area contributed by atoms with Gasteiger partial charge in [0.1, 0.15) is 11.6 Å². The molecule has 0 saturated heterocycles. The molecule has 0 aliphatic rings. The second-order valence-electron chi connectivity index (χ2n) is 5.13. The lowest BCUT2D eigenvalue weighted by Gasteiger charge is -2.22. The average molecular weight is 230 g/mol. The molecule has 16 heavy (non-hydrogen) atoms. The number of nitrogens with two attached hydrogens (primary N) is 2. The zero-order chi connectivity index (χ0) is 12.6. The van der Waals surface area contributed by atoms with Crippen molar-refractivity contribution in [2.24, 2.45) is 11.5 Å². The lowest BCUT2D eigenvalue weighted by atomic mass is 10.1. The van der Waals surface area contributed by atoms with Crippen LogP contribution in [0.4, 0.5) is 0 Å². The monoisotopic (exact) mass is 230 g/mol. The second-order valence-corrected chi connectivity index (χ2v) is 5.13. The van der Waals surface area contributed by atoms with Gasteiger partial charge in [-0.05, 0) is 40.2 Å². The molecule has 0 amide bonds. The van der Waals surface area contributed by atoms with Crippen LogP contribution in [0.5, 0.6) is 0 Å². The molecule has 4 N–H and O–H groups in total. The van der Waals surface area contributed by atoms with Crippen molar-refractivity contribution in [3.63, 3.8) is 0 Å². The Balaban J connectivity index is 3.64. The quantitative estimate of drug-likeness (QED) is 0.514. The van der Waals surface area contributed by atoms with E-state index in [1.54, 1.807) is 0 Å². The van der Waals surface area contributed by atoms with E-state index in [1.165, 1.54) is 0 Å². The third-order valence-corrected chi connectivity index (χ3v) is 2.18. The number of rotatable bonds is 7. The van der Waals surface area contributed by atoms with E-state index in [0.717, 1.165) is 32.2 Å². The first-order chi connectivity index (χ1) is 7.37. The highest BCUT2D eigenvalue weighted by Crippen LogP contribution is 2.11. The molecule has 0 aliphatic carbocycles. The summed E-state index contributed by atoms with van der Waals surface area (Å²) in [5, 5.41) is 0. The normalized spacial score (nSPS) is 13.6. The molecule has 0 rings (SSSR count). The van der Waals surface area contributed by atoms with Crippen molar-refractivity contribution in [3.05, 3.63) is 0 Å². The number of ether oxygens (including phenoxy) is 1. The summed E-state index contributed by atoms with van der Waals surface area (Å²) in [5.41, 5.74) is 10.7. The van der Waals surface area contributed by atoms with Gasteiger partial charge in [-0.3, -0.25) is 4.79 Å². The van der Waals surface area contributed by atoms with Gasteiger partial charge in [-0.15, -0.1) is 0 Å². The van der Waals surface area contributed by atoms with Gasteiger partial charge in [-0.25, -0.2) is 0 Å². The van der Waals surface area contributed by atoms with Gasteiger partial charge in [0.15, 0.2) is 0 Å². The van der Waals surface area contributed by atoms with E-state index in [0.29, 0.717) is 6.42 Å². The molecule has 0 saturated carbocycles. The molecule has 0 aromatic heterocycles. The maximum Gasteiger partial charge on any atom is 0.323 e. The first kappa shape index (κ1) is 15.4. The molecule has 0 spiro atoms. The Morgan fingerprint density at radius 3 is 2.25 bits per heavy atom. The van der Waals surface area contributed by atoms with E-state index in [9.17, 15) is 4.79 Å². The Morgan fingerprint density at radius 1 is 1.19 bits per heavy atom. The van der Waals surface area contributed by atoms with Crippen molar-refractivity contribution >= 4 is 5.97 Å². The minimum atomic E-state index is -0.489. The van der Waals surface area contributed by atoms with Crippen LogP contribution in [0.15, 0.2) is 0 Å². The van der Waals surface area contributed by atoms with Crippen LogP contribution >= 0.6 is 0 Å². The summed E-state index contributed by atoms with van der Waals surface area (Å²) in [6.07, 6.45) is 4.88. The highest BCUT2D eigenvalue weighted by atomic mass is 16.6. The third kappa shape index (κ3) is 8.68. The average Bonchev–Trinajstić information content (AvgIpc) is 2.14. The zero-order valence-electron chi connectivity index (χ0n) is 10.8. The summed E-state index contributed by atoms with van der Waals surface area (Å²) < 4.78 is 5.19. The van der Waals surface area contributed by atoms with Crippen LogP contribution in [0.25, 0.3) is 0 Å². The van der Waals surface area contributed by atoms with E-state index in [4.69, 9.17) is 16.2 Å². The smallest absolute Gasteiger partial charge is 0.323 e. The van der Waals surface area contributed by atoms with E-state index >= 15 is 0 Å². The Kier molecular flexibility index (Phi) is 7.34. The minimum Gasteiger partial charge on any atom is -0.459 e. The van der Waals surface area contributed by atoms with Gasteiger partial charge in [0, 0.05) is 0 Å². The fraction of sp³-hybridized carbons (Fsp3) is 0.917. The lowest BCUT2D eigenvalue weighted by molar-refractivity contribution is -0.156. The molecule has 96 valence electrons. The predicted octanol–water partition coefficient (Wildman–Crippen LogP) is 1.56. The van der Waals surface area contributed by atoms with Gasteiger partial charge in [0.25, 0.3) is 0 Å². The highest BCUT2D eigenvalue weighted by Gasteiger charge is 2.21. The first-order valence-corrected chi connectivity index (χ1v) is 6.05. The van der Waals surface area contributed by atoms with Crippen LogP contribution in [0.3, 0.4) is 0 Å². The van der Waals surface area contributed by atoms with Gasteiger partial charge in [0.2, 0.25) is 0 Å². The molecular weight excluding hydrogens is 204 g/mol. The van der Waals surface area contributed by atoms with Crippen LogP contribution in [-0.2, 0) is 9.53 Å². The first-order valence-electron chi connectivity index (χ1n) is 6.05. The van der Waals surface area contributed by atoms with Crippen molar-refractivity contribution in [2.45, 2.75) is 64.5 Å². The maximum atomic E-state index is 11.5. The minimum absolute atomic E-state index is 0.300. The van der Waals surface area contributed by atoms with Gasteiger partial charge in [0.05, 0.1) is 0 Å². The molecule has 0 fully saturated rings. The predicted molar refractivity (Wildman–Crippen MR) is 66.0 cm³/mol. The fourth-order valence-electron chi connectivity index (χ4n) is 1.36. The van der Waals surface area contributed by atoms with Crippen LogP contribution in [0.2, 0.25) is 0 Å². The molecule has 1 atom stereocenters. The van der Waals surface area contributed by atoms with Gasteiger partial charge in [-0.2, -0.15) is 0 Å². The summed E-state index contributed by atoms with van der Waals surface area (Å²) in [6, 6.07) is -0.489. The van der Waals surface area contributed by atoms with Crippen molar-refractivity contribution in [1.82, 2.24) is 0 Å². The van der Waals surface area contributed by atoms with Crippen molar-refractivity contribution in [2.75, 3.05) is 6.54 Å². The Bertz CT molecular complexity index is 200. The number of hydrogen-bond acceptors (Lipinski definition) is 4. The van der Waals surface area contributed by atoms with E-state index < -0.39 is 11.6 Å². The lowest BCUT2D eigenvalue weighted by Crippen LogP contribution is -2.37. The van der Waals surface area contributed by atoms with Crippen LogP contribution in [-0.4, -0.2) is 24.2 Å². The summed E-state index contributed by atoms with van der Waals surface area (Å²) in [4.78, 5) is 11.5.